The number of amides is 1. The number of aliphatic hydroxyl groups is 1. The predicted octanol–water partition coefficient (Wildman–Crippen LogP) is 0.613. The number of phosphoric ester groups is 1. The van der Waals surface area contributed by atoms with E-state index in [4.69, 9.17) is 34.5 Å². The highest BCUT2D eigenvalue weighted by Crippen LogP contribution is 2.57. The van der Waals surface area contributed by atoms with E-state index < -0.39 is 61.9 Å². The molecule has 0 bridgehead atoms. The molecule has 6 N–H and O–H groups in total. The molecular formula is C22H33FN7O9P. The second-order valence-electron chi connectivity index (χ2n) is 10.3. The summed E-state index contributed by atoms with van der Waals surface area (Å²) in [5.41, 5.74) is 8.43. The molecule has 2 aromatic heterocycles. The summed E-state index contributed by atoms with van der Waals surface area (Å²) in [6, 6.07) is 0. The molecule has 16 nitrogen and oxygen atoms in total. The second-order valence-corrected chi connectivity index (χ2v) is 11.9. The highest BCUT2D eigenvalue weighted by Gasteiger charge is 2.57. The van der Waals surface area contributed by atoms with Gasteiger partial charge in [0.1, 0.15) is 17.7 Å². The summed E-state index contributed by atoms with van der Waals surface area (Å²) in [7, 11) is -4.36. The molecule has 0 radical (unpaired) electrons. The van der Waals surface area contributed by atoms with Crippen LogP contribution in [-0.2, 0) is 37.2 Å². The number of alkyl halides is 1. The van der Waals surface area contributed by atoms with Crippen molar-refractivity contribution in [3.8, 4) is 0 Å². The third-order valence-corrected chi connectivity index (χ3v) is 7.92. The Morgan fingerprint density at radius 3 is 2.75 bits per heavy atom. The monoisotopic (exact) mass is 589 g/mol. The van der Waals surface area contributed by atoms with Gasteiger partial charge < -0.3 is 31.4 Å². The molecule has 2 fully saturated rings. The van der Waals surface area contributed by atoms with E-state index in [0.717, 1.165) is 6.92 Å². The number of nitrogens with two attached hydrogens (primary N) is 2. The van der Waals surface area contributed by atoms with Crippen LogP contribution in [0.5, 0.6) is 0 Å². The number of carbonyl (C=O) groups excluding carboxylic acids is 2. The summed E-state index contributed by atoms with van der Waals surface area (Å²) in [4.78, 5) is 36.3. The molecule has 4 rings (SSSR count). The average molecular weight is 590 g/mol. The number of anilines is 2. The Morgan fingerprint density at radius 1 is 1.32 bits per heavy atom. The molecule has 18 heteroatoms. The molecular weight excluding hydrogens is 556 g/mol. The van der Waals surface area contributed by atoms with Crippen molar-refractivity contribution >= 4 is 42.6 Å². The number of carbonyl (C=O) groups is 2. The number of nitrogens with zero attached hydrogens (tertiary/aromatic N) is 4. The molecule has 0 spiro atoms. The molecule has 2 aliphatic rings. The van der Waals surface area contributed by atoms with Crippen LogP contribution in [0.3, 0.4) is 0 Å². The highest BCUT2D eigenvalue weighted by molar-refractivity contribution is 7.48. The van der Waals surface area contributed by atoms with Crippen molar-refractivity contribution < 1.29 is 46.7 Å². The van der Waals surface area contributed by atoms with Gasteiger partial charge in [-0.3, -0.25) is 27.7 Å². The Balaban J connectivity index is 1.43. The number of nitrogens with one attached hydrogen (secondary N) is 1. The van der Waals surface area contributed by atoms with Gasteiger partial charge in [0.15, 0.2) is 29.5 Å². The average Bonchev–Trinajstić information content (AvgIpc) is 3.38. The van der Waals surface area contributed by atoms with E-state index in [9.17, 15) is 19.3 Å². The molecule has 0 aliphatic carbocycles. The largest absolute Gasteiger partial charge is 0.475 e. The molecule has 0 saturated carbocycles. The van der Waals surface area contributed by atoms with Gasteiger partial charge in [-0.2, -0.15) is 9.97 Å². The van der Waals surface area contributed by atoms with Crippen LogP contribution in [0.25, 0.3) is 11.2 Å². The quantitative estimate of drug-likeness (QED) is 0.232. The first-order valence-electron chi connectivity index (χ1n) is 12.5. The highest BCUT2D eigenvalue weighted by atomic mass is 31.2. The molecule has 2 aliphatic heterocycles. The Labute approximate surface area is 228 Å². The first-order chi connectivity index (χ1) is 18.7. The van der Waals surface area contributed by atoms with Crippen LogP contribution < -0.4 is 16.8 Å². The first-order valence-corrected chi connectivity index (χ1v) is 13.9. The van der Waals surface area contributed by atoms with Gasteiger partial charge in [-0.25, -0.2) is 13.9 Å². The van der Waals surface area contributed by atoms with Crippen LogP contribution in [0.2, 0.25) is 0 Å². The minimum absolute atomic E-state index is 0.0210. The van der Waals surface area contributed by atoms with Crippen LogP contribution >= 0.6 is 7.82 Å². The van der Waals surface area contributed by atoms with Crippen molar-refractivity contribution in [3.63, 3.8) is 0 Å². The van der Waals surface area contributed by atoms with E-state index in [2.05, 4.69) is 20.3 Å². The summed E-state index contributed by atoms with van der Waals surface area (Å²) in [5.74, 6) is -1.31. The normalized spacial score (nSPS) is 31.8. The van der Waals surface area contributed by atoms with Crippen molar-refractivity contribution in [2.45, 2.75) is 64.3 Å². The molecule has 2 saturated heterocycles. The number of aliphatic hydroxyl groups excluding tert-OH is 1. The first kappa shape index (κ1) is 30.0. The third kappa shape index (κ3) is 5.89. The molecule has 222 valence electrons. The molecule has 4 heterocycles. The molecule has 1 amide bonds. The van der Waals surface area contributed by atoms with E-state index in [-0.39, 0.29) is 49.1 Å². The van der Waals surface area contributed by atoms with Gasteiger partial charge in [0, 0.05) is 12.0 Å². The lowest BCUT2D eigenvalue weighted by Crippen LogP contribution is -2.50. The number of fused-ring (bicyclic) bond motifs is 1. The zero-order chi connectivity index (χ0) is 29.5. The van der Waals surface area contributed by atoms with Crippen LogP contribution in [0.4, 0.5) is 16.2 Å². The fraction of sp³-hybridized carbons (Fsp3) is 0.682. The zero-order valence-electron chi connectivity index (χ0n) is 22.4. The van der Waals surface area contributed by atoms with Crippen molar-refractivity contribution in [1.82, 2.24) is 24.8 Å². The van der Waals surface area contributed by atoms with Crippen molar-refractivity contribution in [2.24, 2.45) is 5.41 Å². The molecule has 2 aromatic rings. The van der Waals surface area contributed by atoms with E-state index in [0.29, 0.717) is 0 Å². The Morgan fingerprint density at radius 2 is 2.05 bits per heavy atom. The van der Waals surface area contributed by atoms with Gasteiger partial charge in [0.25, 0.3) is 0 Å². The lowest BCUT2D eigenvalue weighted by atomic mass is 9.87. The number of phosphoric acid groups is 1. The van der Waals surface area contributed by atoms with Gasteiger partial charge in [0.2, 0.25) is 11.9 Å². The van der Waals surface area contributed by atoms with Crippen molar-refractivity contribution in [3.05, 3.63) is 6.33 Å². The van der Waals surface area contributed by atoms with Crippen LogP contribution in [0.15, 0.2) is 6.33 Å². The molecule has 40 heavy (non-hydrogen) atoms. The number of halogens is 1. The van der Waals surface area contributed by atoms with E-state index in [1.807, 2.05) is 0 Å². The van der Waals surface area contributed by atoms with E-state index in [1.165, 1.54) is 10.9 Å². The van der Waals surface area contributed by atoms with Crippen LogP contribution in [0, 0.1) is 5.41 Å². The summed E-state index contributed by atoms with van der Waals surface area (Å²) in [6.07, 6.45) is -4.64. The maximum absolute atomic E-state index is 15.8. The second kappa shape index (κ2) is 11.1. The number of hydrogen-bond acceptors (Lipinski definition) is 14. The maximum atomic E-state index is 15.8. The summed E-state index contributed by atoms with van der Waals surface area (Å²) >= 11 is 0. The maximum Gasteiger partial charge on any atom is 0.475 e. The smallest absolute Gasteiger partial charge is 0.466 e. The predicted molar refractivity (Wildman–Crippen MR) is 136 cm³/mol. The van der Waals surface area contributed by atoms with E-state index in [1.54, 1.807) is 20.8 Å². The Kier molecular flexibility index (Phi) is 8.36. The Bertz CT molecular complexity index is 1320. The molecule has 1 unspecified atom stereocenters. The van der Waals surface area contributed by atoms with Gasteiger partial charge >= 0.3 is 13.8 Å². The standard InChI is InChI=1S/C22H33FN7O9P/c1-5-35-12(31)6-7-26-18(33)15-21(2,3)9-37-40(34,39-15)36-8-11-14(32)22(4,23)19(38-11)30-10-27-13-16(24)28-20(25)29-17(13)30/h10-11,14-15,19,32H,5-9H2,1-4H3,(H,26,33)(H4,24,25,28,29)/t11-,14+,15+,19-,22+,40?/m1/s1. The van der Waals surface area contributed by atoms with Gasteiger partial charge in [0.05, 0.1) is 32.6 Å². The summed E-state index contributed by atoms with van der Waals surface area (Å²) in [6.45, 7) is 5.49. The van der Waals surface area contributed by atoms with Crippen molar-refractivity contribution in [1.29, 1.82) is 0 Å². The number of hydrogen-bond donors (Lipinski definition) is 4. The number of ether oxygens (including phenoxy) is 2. The SMILES string of the molecule is CCOC(=O)CCNC(=O)[C@@H]1OP(=O)(OC[C@H]2O[C@@H](n3cnc4c(N)nc(N)nc43)[C@@](C)(F)[C@H]2O)OCC1(C)C. The fourth-order valence-electron chi connectivity index (χ4n) is 4.35. The molecule has 0 aromatic carbocycles. The van der Waals surface area contributed by atoms with Crippen LogP contribution in [-0.4, -0.2) is 86.8 Å². The van der Waals surface area contributed by atoms with Crippen molar-refractivity contribution in [2.75, 3.05) is 37.8 Å². The minimum Gasteiger partial charge on any atom is -0.466 e. The number of esters is 1. The topological polar surface area (TPSA) is 225 Å². The number of imidazole rings is 1. The lowest BCUT2D eigenvalue weighted by Gasteiger charge is -2.39. The zero-order valence-corrected chi connectivity index (χ0v) is 23.3. The minimum atomic E-state index is -4.36. The number of rotatable bonds is 9. The summed E-state index contributed by atoms with van der Waals surface area (Å²) in [5, 5.41) is 13.3. The number of nitrogen functional groups attached to an aromatic ring is 2. The molecule has 6 atom stereocenters. The third-order valence-electron chi connectivity index (χ3n) is 6.54. The van der Waals surface area contributed by atoms with Gasteiger partial charge in [-0.05, 0) is 13.8 Å². The van der Waals surface area contributed by atoms with Crippen LogP contribution in [0.1, 0.15) is 40.3 Å². The van der Waals surface area contributed by atoms with Gasteiger partial charge in [-0.1, -0.05) is 13.8 Å². The number of aromatic nitrogens is 4. The van der Waals surface area contributed by atoms with Gasteiger partial charge in [-0.15, -0.1) is 0 Å². The van der Waals surface area contributed by atoms with E-state index >= 15 is 4.39 Å². The lowest BCUT2D eigenvalue weighted by molar-refractivity contribution is -0.144. The summed E-state index contributed by atoms with van der Waals surface area (Å²) < 4.78 is 57.0. The fourth-order valence-corrected chi connectivity index (χ4v) is 6.01. The Hall–Kier alpha value is -2.95.